The molecule has 0 aromatic rings. The first kappa shape index (κ1) is 44.8. The summed E-state index contributed by atoms with van der Waals surface area (Å²) in [6.07, 6.45) is 53.3. The van der Waals surface area contributed by atoms with Gasteiger partial charge < -0.3 is 14.6 Å². The van der Waals surface area contributed by atoms with Gasteiger partial charge in [-0.25, -0.2) is 0 Å². The van der Waals surface area contributed by atoms with Crippen molar-refractivity contribution in [1.29, 1.82) is 0 Å². The molecule has 0 bridgehead atoms. The SMILES string of the molecule is CCC=CCC=CCC=CCCCCCCCC(=O)OC[C@H](CO)OC(=O)CCC=CCC=CCC=CCC=CCC=CCCCCC. The summed E-state index contributed by atoms with van der Waals surface area (Å²) in [6.45, 7) is 3.89. The summed E-state index contributed by atoms with van der Waals surface area (Å²) in [6, 6.07) is 0. The largest absolute Gasteiger partial charge is 0.462 e. The van der Waals surface area contributed by atoms with Gasteiger partial charge in [0.2, 0.25) is 0 Å². The van der Waals surface area contributed by atoms with E-state index in [1.165, 1.54) is 25.7 Å². The minimum Gasteiger partial charge on any atom is -0.462 e. The normalized spacial score (nSPS) is 13.3. The quantitative estimate of drug-likeness (QED) is 0.0440. The van der Waals surface area contributed by atoms with E-state index in [0.717, 1.165) is 83.5 Å². The van der Waals surface area contributed by atoms with Crippen molar-refractivity contribution < 1.29 is 24.2 Å². The van der Waals surface area contributed by atoms with Crippen LogP contribution in [0, 0.1) is 0 Å². The standard InChI is InChI=1S/C43H68O5/c1-3-5-7-9-11-13-15-17-19-20-21-22-24-26-28-30-32-34-36-38-43(46)48-41(39-44)40-47-42(45)37-35-33-31-29-27-25-23-18-16-14-12-10-8-6-4-2/h6,8,11-14,17-19,21-23,26,28,32,34,41,44H,3-5,7,9-10,15-16,20,24-25,27,29-31,33,35-40H2,1-2H3/t41-/m0/s1. The van der Waals surface area contributed by atoms with E-state index in [1.54, 1.807) is 0 Å². The van der Waals surface area contributed by atoms with Crippen molar-refractivity contribution in [2.45, 2.75) is 148 Å². The molecule has 0 fully saturated rings. The highest BCUT2D eigenvalue weighted by Gasteiger charge is 2.15. The molecule has 0 spiro atoms. The molecule has 0 heterocycles. The minimum atomic E-state index is -0.824. The van der Waals surface area contributed by atoms with Crippen LogP contribution in [-0.4, -0.2) is 36.4 Å². The Morgan fingerprint density at radius 3 is 1.44 bits per heavy atom. The zero-order valence-corrected chi connectivity index (χ0v) is 30.5. The van der Waals surface area contributed by atoms with E-state index in [4.69, 9.17) is 9.47 Å². The number of unbranched alkanes of at least 4 members (excludes halogenated alkanes) is 8. The Morgan fingerprint density at radius 2 is 0.938 bits per heavy atom. The highest BCUT2D eigenvalue weighted by Crippen LogP contribution is 2.09. The van der Waals surface area contributed by atoms with Crippen molar-refractivity contribution >= 4 is 11.9 Å². The van der Waals surface area contributed by atoms with E-state index in [1.807, 2.05) is 12.2 Å². The number of allylic oxidation sites excluding steroid dienone is 16. The Hall–Kier alpha value is -3.18. The second kappa shape index (κ2) is 38.3. The van der Waals surface area contributed by atoms with E-state index in [-0.39, 0.29) is 25.6 Å². The minimum absolute atomic E-state index is 0.111. The van der Waals surface area contributed by atoms with Gasteiger partial charge in [-0.15, -0.1) is 0 Å². The molecule has 5 nitrogen and oxygen atoms in total. The number of aliphatic hydroxyl groups excluding tert-OH is 1. The lowest BCUT2D eigenvalue weighted by atomic mass is 10.1. The van der Waals surface area contributed by atoms with Gasteiger partial charge in [-0.1, -0.05) is 143 Å². The lowest BCUT2D eigenvalue weighted by Crippen LogP contribution is -2.28. The van der Waals surface area contributed by atoms with Gasteiger partial charge in [0.05, 0.1) is 6.61 Å². The van der Waals surface area contributed by atoms with Crippen LogP contribution in [0.3, 0.4) is 0 Å². The van der Waals surface area contributed by atoms with Crippen molar-refractivity contribution in [2.24, 2.45) is 0 Å². The molecule has 1 atom stereocenters. The Morgan fingerprint density at radius 1 is 0.500 bits per heavy atom. The zero-order chi connectivity index (χ0) is 35.0. The second-order valence-corrected chi connectivity index (χ2v) is 11.9. The van der Waals surface area contributed by atoms with Crippen LogP contribution in [0.2, 0.25) is 0 Å². The molecule has 0 saturated heterocycles. The van der Waals surface area contributed by atoms with Gasteiger partial charge in [0.15, 0.2) is 6.10 Å². The van der Waals surface area contributed by atoms with Crippen LogP contribution in [0.15, 0.2) is 97.2 Å². The molecular weight excluding hydrogens is 596 g/mol. The van der Waals surface area contributed by atoms with E-state index < -0.39 is 12.1 Å². The summed E-state index contributed by atoms with van der Waals surface area (Å²) in [7, 11) is 0. The average molecular weight is 665 g/mol. The molecule has 0 saturated carbocycles. The predicted octanol–water partition coefficient (Wildman–Crippen LogP) is 11.7. The molecule has 0 aromatic carbocycles. The molecule has 0 radical (unpaired) electrons. The predicted molar refractivity (Wildman–Crippen MR) is 205 cm³/mol. The van der Waals surface area contributed by atoms with Crippen LogP contribution in [0.1, 0.15) is 142 Å². The number of hydrogen-bond acceptors (Lipinski definition) is 5. The average Bonchev–Trinajstić information content (AvgIpc) is 3.09. The maximum atomic E-state index is 12.1. The van der Waals surface area contributed by atoms with E-state index in [0.29, 0.717) is 12.8 Å². The highest BCUT2D eigenvalue weighted by molar-refractivity contribution is 5.70. The fourth-order valence-electron chi connectivity index (χ4n) is 4.55. The summed E-state index contributed by atoms with van der Waals surface area (Å²) in [5, 5.41) is 9.53. The van der Waals surface area contributed by atoms with Gasteiger partial charge in [-0.3, -0.25) is 9.59 Å². The first-order chi connectivity index (χ1) is 23.6. The van der Waals surface area contributed by atoms with Gasteiger partial charge in [-0.05, 0) is 83.5 Å². The van der Waals surface area contributed by atoms with Crippen LogP contribution in [0.25, 0.3) is 0 Å². The molecule has 270 valence electrons. The number of aliphatic hydroxyl groups is 1. The number of ether oxygens (including phenoxy) is 2. The number of carbonyl (C=O) groups is 2. The summed E-state index contributed by atoms with van der Waals surface area (Å²) in [5.41, 5.74) is 0. The zero-order valence-electron chi connectivity index (χ0n) is 30.5. The fraction of sp³-hybridized carbons (Fsp3) is 0.581. The van der Waals surface area contributed by atoms with E-state index >= 15 is 0 Å². The van der Waals surface area contributed by atoms with Gasteiger partial charge in [-0.2, -0.15) is 0 Å². The Kier molecular flexibility index (Phi) is 35.7. The molecule has 0 aromatic heterocycles. The molecule has 0 unspecified atom stereocenters. The number of carbonyl (C=O) groups excluding carboxylic acids is 2. The summed E-state index contributed by atoms with van der Waals surface area (Å²) in [5.74, 6) is -0.718. The molecule has 48 heavy (non-hydrogen) atoms. The van der Waals surface area contributed by atoms with Crippen LogP contribution in [0.4, 0.5) is 0 Å². The summed E-state index contributed by atoms with van der Waals surface area (Å²) < 4.78 is 10.5. The topological polar surface area (TPSA) is 72.8 Å². The van der Waals surface area contributed by atoms with Crippen molar-refractivity contribution in [1.82, 2.24) is 0 Å². The molecule has 0 rings (SSSR count). The van der Waals surface area contributed by atoms with Crippen LogP contribution >= 0.6 is 0 Å². The van der Waals surface area contributed by atoms with Crippen LogP contribution in [-0.2, 0) is 19.1 Å². The smallest absolute Gasteiger partial charge is 0.306 e. The Labute approximate surface area is 294 Å². The molecular formula is C43H68O5. The molecule has 5 heteroatoms. The first-order valence-electron chi connectivity index (χ1n) is 18.8. The number of hydrogen-bond donors (Lipinski definition) is 1. The summed E-state index contributed by atoms with van der Waals surface area (Å²) >= 11 is 0. The molecule has 0 aliphatic carbocycles. The molecule has 0 aliphatic rings. The summed E-state index contributed by atoms with van der Waals surface area (Å²) in [4.78, 5) is 24.2. The lowest BCUT2D eigenvalue weighted by Gasteiger charge is -2.15. The van der Waals surface area contributed by atoms with Crippen molar-refractivity contribution in [3.63, 3.8) is 0 Å². The van der Waals surface area contributed by atoms with Gasteiger partial charge in [0.25, 0.3) is 0 Å². The van der Waals surface area contributed by atoms with Crippen molar-refractivity contribution in [2.75, 3.05) is 13.2 Å². The van der Waals surface area contributed by atoms with Crippen LogP contribution < -0.4 is 0 Å². The van der Waals surface area contributed by atoms with Gasteiger partial charge in [0, 0.05) is 12.8 Å². The first-order valence-corrected chi connectivity index (χ1v) is 18.8. The fourth-order valence-corrected chi connectivity index (χ4v) is 4.55. The lowest BCUT2D eigenvalue weighted by molar-refractivity contribution is -0.161. The van der Waals surface area contributed by atoms with E-state index in [9.17, 15) is 14.7 Å². The number of rotatable bonds is 32. The molecule has 0 amide bonds. The third-order valence-corrected chi connectivity index (χ3v) is 7.38. The second-order valence-electron chi connectivity index (χ2n) is 11.9. The van der Waals surface area contributed by atoms with Gasteiger partial charge >= 0.3 is 11.9 Å². The van der Waals surface area contributed by atoms with Crippen LogP contribution in [0.5, 0.6) is 0 Å². The molecule has 0 aliphatic heterocycles. The maximum absolute atomic E-state index is 12.1. The van der Waals surface area contributed by atoms with Gasteiger partial charge in [0.1, 0.15) is 6.61 Å². The van der Waals surface area contributed by atoms with E-state index in [2.05, 4.69) is 98.9 Å². The Balaban J connectivity index is 3.77. The monoisotopic (exact) mass is 665 g/mol. The molecule has 1 N–H and O–H groups in total. The van der Waals surface area contributed by atoms with Crippen molar-refractivity contribution in [3.8, 4) is 0 Å². The third kappa shape index (κ3) is 35.7. The number of esters is 2. The van der Waals surface area contributed by atoms with Crippen molar-refractivity contribution in [3.05, 3.63) is 97.2 Å². The third-order valence-electron chi connectivity index (χ3n) is 7.38. The highest BCUT2D eigenvalue weighted by atomic mass is 16.6. The maximum Gasteiger partial charge on any atom is 0.306 e. The Bertz CT molecular complexity index is 979.